The Kier molecular flexibility index (Phi) is 7.56. The molecule has 1 heterocycles. The average molecular weight is 460 g/mol. The van der Waals surface area contributed by atoms with Crippen LogP contribution in [0.5, 0.6) is 0 Å². The fraction of sp³-hybridized carbons (Fsp3) is 0.400. The van der Waals surface area contributed by atoms with E-state index < -0.39 is 11.7 Å². The molecule has 0 fully saturated rings. The molecular weight excluding hydrogens is 431 g/mol. The molecule has 8 heteroatoms. The predicted molar refractivity (Wildman–Crippen MR) is 119 cm³/mol. The number of alkyl halides is 3. The van der Waals surface area contributed by atoms with Gasteiger partial charge in [-0.25, -0.2) is 0 Å². The molecule has 3 aromatic rings. The summed E-state index contributed by atoms with van der Waals surface area (Å²) in [6, 6.07) is 14.7. The van der Waals surface area contributed by atoms with Crippen LogP contribution in [0.1, 0.15) is 44.2 Å². The van der Waals surface area contributed by atoms with Gasteiger partial charge in [0, 0.05) is 31.5 Å². The molecule has 1 aromatic heterocycles. The lowest BCUT2D eigenvalue weighted by Gasteiger charge is -2.26. The number of benzene rings is 2. The standard InChI is InChI=1S/C25H28F3N3O2/c1-24(2,3)17-22(32)31(14-12-18-8-5-4-6-9-18)15-13-21-29-23(30-33-21)19-10-7-11-20(16-19)25(26,27)28/h4-11,16H,12-15,17H2,1-3H3. The van der Waals surface area contributed by atoms with Gasteiger partial charge in [-0.15, -0.1) is 0 Å². The summed E-state index contributed by atoms with van der Waals surface area (Å²) >= 11 is 0. The number of hydrogen-bond donors (Lipinski definition) is 0. The topological polar surface area (TPSA) is 59.2 Å². The first-order valence-electron chi connectivity index (χ1n) is 10.8. The number of carbonyl (C=O) groups is 1. The molecule has 0 saturated heterocycles. The maximum Gasteiger partial charge on any atom is 0.416 e. The zero-order valence-electron chi connectivity index (χ0n) is 19.0. The van der Waals surface area contributed by atoms with E-state index in [1.807, 2.05) is 51.1 Å². The minimum absolute atomic E-state index is 0.0380. The van der Waals surface area contributed by atoms with Crippen molar-refractivity contribution >= 4 is 5.91 Å². The van der Waals surface area contributed by atoms with Crippen molar-refractivity contribution in [3.05, 3.63) is 71.6 Å². The summed E-state index contributed by atoms with van der Waals surface area (Å²) in [5, 5.41) is 3.83. The van der Waals surface area contributed by atoms with Crippen molar-refractivity contribution in [2.24, 2.45) is 5.41 Å². The van der Waals surface area contributed by atoms with Crippen LogP contribution in [0.25, 0.3) is 11.4 Å². The van der Waals surface area contributed by atoms with Crippen LogP contribution in [0.3, 0.4) is 0 Å². The van der Waals surface area contributed by atoms with Gasteiger partial charge in [0.25, 0.3) is 0 Å². The molecule has 3 rings (SSSR count). The molecule has 0 aliphatic carbocycles. The van der Waals surface area contributed by atoms with Crippen molar-refractivity contribution in [1.29, 1.82) is 0 Å². The van der Waals surface area contributed by atoms with Gasteiger partial charge in [-0.3, -0.25) is 4.79 Å². The van der Waals surface area contributed by atoms with Gasteiger partial charge in [-0.05, 0) is 29.5 Å². The number of rotatable bonds is 8. The smallest absolute Gasteiger partial charge is 0.342 e. The summed E-state index contributed by atoms with van der Waals surface area (Å²) in [7, 11) is 0. The predicted octanol–water partition coefficient (Wildman–Crippen LogP) is 5.81. The van der Waals surface area contributed by atoms with Crippen LogP contribution in [-0.4, -0.2) is 34.0 Å². The van der Waals surface area contributed by atoms with Crippen LogP contribution >= 0.6 is 0 Å². The summed E-state index contributed by atoms with van der Waals surface area (Å²) in [6.45, 7) is 6.97. The van der Waals surface area contributed by atoms with E-state index in [2.05, 4.69) is 10.1 Å². The van der Waals surface area contributed by atoms with E-state index in [0.717, 1.165) is 24.1 Å². The lowest BCUT2D eigenvalue weighted by Crippen LogP contribution is -2.36. The Morgan fingerprint density at radius 3 is 2.33 bits per heavy atom. The minimum atomic E-state index is -4.45. The first kappa shape index (κ1) is 24.5. The molecule has 1 amide bonds. The highest BCUT2D eigenvalue weighted by molar-refractivity contribution is 5.76. The molecule has 176 valence electrons. The zero-order valence-corrected chi connectivity index (χ0v) is 19.0. The molecule has 0 radical (unpaired) electrons. The van der Waals surface area contributed by atoms with E-state index in [4.69, 9.17) is 4.52 Å². The monoisotopic (exact) mass is 459 g/mol. The molecule has 0 saturated carbocycles. The van der Waals surface area contributed by atoms with Crippen molar-refractivity contribution in [3.63, 3.8) is 0 Å². The van der Waals surface area contributed by atoms with Gasteiger partial charge in [-0.1, -0.05) is 68.4 Å². The fourth-order valence-electron chi connectivity index (χ4n) is 3.37. The van der Waals surface area contributed by atoms with Crippen LogP contribution in [0.15, 0.2) is 59.1 Å². The highest BCUT2D eigenvalue weighted by atomic mass is 19.4. The van der Waals surface area contributed by atoms with Gasteiger partial charge in [0.2, 0.25) is 17.6 Å². The van der Waals surface area contributed by atoms with Gasteiger partial charge in [0.05, 0.1) is 5.56 Å². The highest BCUT2D eigenvalue weighted by Gasteiger charge is 2.31. The molecule has 0 bridgehead atoms. The Morgan fingerprint density at radius 1 is 0.970 bits per heavy atom. The minimum Gasteiger partial charge on any atom is -0.342 e. The molecule has 0 atom stereocenters. The van der Waals surface area contributed by atoms with Crippen LogP contribution in [0.2, 0.25) is 0 Å². The van der Waals surface area contributed by atoms with Crippen molar-refractivity contribution < 1.29 is 22.5 Å². The second-order valence-corrected chi connectivity index (χ2v) is 9.19. The maximum absolute atomic E-state index is 13.0. The van der Waals surface area contributed by atoms with Crippen LogP contribution in [-0.2, 0) is 23.8 Å². The molecular formula is C25H28F3N3O2. The Labute approximate surface area is 191 Å². The lowest BCUT2D eigenvalue weighted by molar-refractivity contribution is -0.137. The third-order valence-corrected chi connectivity index (χ3v) is 5.06. The largest absolute Gasteiger partial charge is 0.416 e. The second kappa shape index (κ2) is 10.2. The molecule has 2 aromatic carbocycles. The van der Waals surface area contributed by atoms with Crippen molar-refractivity contribution in [1.82, 2.24) is 15.0 Å². The fourth-order valence-corrected chi connectivity index (χ4v) is 3.37. The number of carbonyl (C=O) groups excluding carboxylic acids is 1. The number of aromatic nitrogens is 2. The van der Waals surface area contributed by atoms with Gasteiger partial charge in [-0.2, -0.15) is 18.2 Å². The number of amides is 1. The maximum atomic E-state index is 13.0. The Morgan fingerprint density at radius 2 is 1.67 bits per heavy atom. The Balaban J connectivity index is 1.68. The number of halogens is 3. The van der Waals surface area contributed by atoms with Crippen molar-refractivity contribution in [3.8, 4) is 11.4 Å². The third-order valence-electron chi connectivity index (χ3n) is 5.06. The summed E-state index contributed by atoms with van der Waals surface area (Å²) in [4.78, 5) is 18.9. The van der Waals surface area contributed by atoms with Crippen LogP contribution in [0, 0.1) is 5.41 Å². The zero-order chi connectivity index (χ0) is 24.1. The van der Waals surface area contributed by atoms with Gasteiger partial charge < -0.3 is 9.42 Å². The molecule has 0 unspecified atom stereocenters. The van der Waals surface area contributed by atoms with Crippen molar-refractivity contribution in [2.75, 3.05) is 13.1 Å². The first-order chi connectivity index (χ1) is 15.5. The lowest BCUT2D eigenvalue weighted by atomic mass is 9.91. The third kappa shape index (κ3) is 7.44. The molecule has 0 aliphatic rings. The SMILES string of the molecule is CC(C)(C)CC(=O)N(CCc1ccccc1)CCc1nc(-c2cccc(C(F)(F)F)c2)no1. The van der Waals surface area contributed by atoms with E-state index in [9.17, 15) is 18.0 Å². The first-order valence-corrected chi connectivity index (χ1v) is 10.8. The van der Waals surface area contributed by atoms with E-state index >= 15 is 0 Å². The molecule has 5 nitrogen and oxygen atoms in total. The van der Waals surface area contributed by atoms with E-state index in [1.165, 1.54) is 12.1 Å². The van der Waals surface area contributed by atoms with E-state index in [0.29, 0.717) is 25.9 Å². The van der Waals surface area contributed by atoms with Gasteiger partial charge in [0.15, 0.2) is 0 Å². The number of hydrogen-bond acceptors (Lipinski definition) is 4. The van der Waals surface area contributed by atoms with Gasteiger partial charge >= 0.3 is 6.18 Å². The number of nitrogens with zero attached hydrogens (tertiary/aromatic N) is 3. The average Bonchev–Trinajstić information content (AvgIpc) is 3.22. The summed E-state index contributed by atoms with van der Waals surface area (Å²) < 4.78 is 44.2. The summed E-state index contributed by atoms with van der Waals surface area (Å²) in [6.07, 6.45) is -3.01. The van der Waals surface area contributed by atoms with Gasteiger partial charge in [0.1, 0.15) is 0 Å². The summed E-state index contributed by atoms with van der Waals surface area (Å²) in [5.41, 5.74) is 0.440. The molecule has 0 spiro atoms. The Hall–Kier alpha value is -3.16. The Bertz CT molecular complexity index is 1060. The van der Waals surface area contributed by atoms with E-state index in [1.54, 1.807) is 4.90 Å². The normalized spacial score (nSPS) is 12.1. The molecule has 0 N–H and O–H groups in total. The summed E-state index contributed by atoms with van der Waals surface area (Å²) in [5.74, 6) is 0.402. The molecule has 33 heavy (non-hydrogen) atoms. The second-order valence-electron chi connectivity index (χ2n) is 9.19. The van der Waals surface area contributed by atoms with Crippen LogP contribution < -0.4 is 0 Å². The quantitative estimate of drug-likeness (QED) is 0.427. The van der Waals surface area contributed by atoms with E-state index in [-0.39, 0.29) is 28.6 Å². The molecule has 0 aliphatic heterocycles. The highest BCUT2D eigenvalue weighted by Crippen LogP contribution is 2.31. The van der Waals surface area contributed by atoms with Crippen LogP contribution in [0.4, 0.5) is 13.2 Å². The van der Waals surface area contributed by atoms with Crippen molar-refractivity contribution in [2.45, 2.75) is 46.2 Å².